The quantitative estimate of drug-likeness (QED) is 0.0880. The number of allylic oxidation sites excluding steroid dienone is 6. The highest BCUT2D eigenvalue weighted by Crippen LogP contribution is 2.75. The smallest absolute Gasteiger partial charge is 0.348 e. The van der Waals surface area contributed by atoms with E-state index in [9.17, 15) is 68.4 Å². The number of unbranched alkanes of at least 4 members (excludes halogenated alkanes) is 1. The van der Waals surface area contributed by atoms with Crippen molar-refractivity contribution in [3.8, 4) is 0 Å². The number of fused-ring (bicyclic) bond motifs is 4. The number of aliphatic hydroxyl groups excluding tert-OH is 4. The van der Waals surface area contributed by atoms with Gasteiger partial charge in [0.1, 0.15) is 24.4 Å². The fraction of sp³-hybridized carbons (Fsp3) is 0.690. The second kappa shape index (κ2) is 20.3. The zero-order valence-corrected chi connectivity index (χ0v) is 47.3. The molecule has 4 saturated heterocycles. The van der Waals surface area contributed by atoms with Crippen LogP contribution in [0.5, 0.6) is 0 Å². The van der Waals surface area contributed by atoms with Gasteiger partial charge in [-0.25, -0.2) is 28.8 Å². The molecule has 4 N–H and O–H groups in total. The second-order valence-corrected chi connectivity index (χ2v) is 25.1. The summed E-state index contributed by atoms with van der Waals surface area (Å²) >= 11 is 0. The van der Waals surface area contributed by atoms with Crippen LogP contribution < -0.4 is 0 Å². The molecular weight excluding hydrogens is 1080 g/mol. The molecule has 24 heteroatoms. The van der Waals surface area contributed by atoms with Gasteiger partial charge in [-0.1, -0.05) is 25.0 Å². The predicted molar refractivity (Wildman–Crippen MR) is 270 cm³/mol. The number of rotatable bonds is 13. The van der Waals surface area contributed by atoms with Crippen LogP contribution in [0, 0.1) is 57.2 Å². The number of Topliss-reactive ketones (excluding diaryl/α,β-unsaturated/α-hetero) is 2. The van der Waals surface area contributed by atoms with Crippen LogP contribution in [0.15, 0.2) is 46.0 Å². The van der Waals surface area contributed by atoms with Crippen molar-refractivity contribution in [3.63, 3.8) is 0 Å². The Kier molecular flexibility index (Phi) is 14.6. The lowest BCUT2D eigenvalue weighted by molar-refractivity contribution is -0.290. The lowest BCUT2D eigenvalue weighted by Crippen LogP contribution is -2.79. The molecule has 2 spiro atoms. The molecule has 4 aliphatic heterocycles. The Labute approximate surface area is 471 Å². The van der Waals surface area contributed by atoms with Gasteiger partial charge in [0, 0.05) is 60.5 Å². The van der Waals surface area contributed by atoms with Crippen molar-refractivity contribution in [2.45, 2.75) is 167 Å². The van der Waals surface area contributed by atoms with Gasteiger partial charge in [-0.3, -0.25) is 19.2 Å². The Hall–Kier alpha value is -6.18. The number of hydrogen-bond donors (Lipinski definition) is 4. The topological polar surface area (TPSA) is 344 Å². The molecule has 10 aliphatic rings. The first-order valence-electron chi connectivity index (χ1n) is 27.7. The average Bonchev–Trinajstić information content (AvgIpc) is 1.35. The third-order valence-corrected chi connectivity index (χ3v) is 20.4. The summed E-state index contributed by atoms with van der Waals surface area (Å²) in [4.78, 5) is 137. The first kappa shape index (κ1) is 59.0. The van der Waals surface area contributed by atoms with Crippen molar-refractivity contribution in [1.29, 1.82) is 0 Å². The standard InChI is InChI=1S/C58H70O24/c1-23(2)15-35(63)81-41-45-55-21-75-57(45,51(71)73-9)47(67)37(65)43(55)53(7)19-29(59)39(25(5)27(53)17-31(55)77-49(41)69)79-33(61)13-11-12-14-34(62)80-40-26(6)28-18-32-56-22-76-58(52(72)74-10,48(68)38(66)44(56)54(28,8)20-30(40)60)46(56)42(50(70)78-32)82-36(64)16-24(3)4/h15-16,27-28,31-32,37-38,41-48,65-68H,11-14,17-22H2,1-10H3. The predicted octanol–water partition coefficient (Wildman–Crippen LogP) is 1.58. The van der Waals surface area contributed by atoms with Crippen LogP contribution in [0.25, 0.3) is 0 Å². The van der Waals surface area contributed by atoms with Gasteiger partial charge in [0.25, 0.3) is 0 Å². The van der Waals surface area contributed by atoms with Crippen molar-refractivity contribution in [1.82, 2.24) is 0 Å². The van der Waals surface area contributed by atoms with E-state index >= 15 is 0 Å². The number of carbonyl (C=O) groups is 10. The molecule has 82 heavy (non-hydrogen) atoms. The lowest BCUT2D eigenvalue weighted by Gasteiger charge is -2.67. The molecule has 446 valence electrons. The molecular formula is C58H70O24. The summed E-state index contributed by atoms with van der Waals surface area (Å²) in [6.07, 6.45) is -12.2. The minimum Gasteiger partial charge on any atom is -0.467 e. The number of methoxy groups -OCH3 is 2. The number of carbonyl (C=O) groups excluding carboxylic acids is 10. The number of esters is 8. The maximum Gasteiger partial charge on any atom is 0.348 e. The van der Waals surface area contributed by atoms with Crippen LogP contribution >= 0.6 is 0 Å². The highest BCUT2D eigenvalue weighted by molar-refractivity contribution is 5.99. The molecule has 24 nitrogen and oxygen atoms in total. The summed E-state index contributed by atoms with van der Waals surface area (Å²) in [6.45, 7) is 12.4. The van der Waals surface area contributed by atoms with Crippen LogP contribution in [0.1, 0.15) is 107 Å². The monoisotopic (exact) mass is 1150 g/mol. The van der Waals surface area contributed by atoms with E-state index in [1.54, 1.807) is 55.4 Å². The van der Waals surface area contributed by atoms with Gasteiger partial charge in [0.05, 0.1) is 51.5 Å². The van der Waals surface area contributed by atoms with E-state index in [1.165, 1.54) is 0 Å². The van der Waals surface area contributed by atoms with Crippen molar-refractivity contribution < 1.29 is 116 Å². The summed E-state index contributed by atoms with van der Waals surface area (Å²) in [6, 6.07) is 0. The second-order valence-electron chi connectivity index (χ2n) is 25.1. The molecule has 0 aromatic carbocycles. The van der Waals surface area contributed by atoms with Crippen molar-refractivity contribution in [3.05, 3.63) is 46.0 Å². The first-order chi connectivity index (χ1) is 38.5. The SMILES string of the molecule is COC(=O)C12OCC34C(CC5C(C)=C(OC(=O)CCCCC(=O)OC6=C(C)C7CC8OC(=O)C(OC(=O)C=C(C)C)C9C%10(C(=O)OC)OCC89C(C(O)C%10O)C7(C)CC6=O)C(=O)CC5(C)C3C(O)C1O)OC(=O)C(OC(=O)C=C(C)C)C24. The third kappa shape index (κ3) is 8.03. The summed E-state index contributed by atoms with van der Waals surface area (Å²) in [5, 5.41) is 48.2. The summed E-state index contributed by atoms with van der Waals surface area (Å²) in [5.41, 5.74) is -8.50. The Morgan fingerprint density at radius 3 is 1.26 bits per heavy atom. The summed E-state index contributed by atoms with van der Waals surface area (Å²) in [7, 11) is 2.09. The zero-order chi connectivity index (χ0) is 59.9. The summed E-state index contributed by atoms with van der Waals surface area (Å²) in [5.74, 6) is -16.0. The number of ketones is 2. The van der Waals surface area contributed by atoms with Gasteiger partial charge >= 0.3 is 47.8 Å². The minimum absolute atomic E-state index is 0.00227. The maximum absolute atomic E-state index is 14.3. The minimum atomic E-state index is -2.37. The van der Waals surface area contributed by atoms with Crippen molar-refractivity contribution in [2.24, 2.45) is 57.2 Å². The highest BCUT2D eigenvalue weighted by atomic mass is 16.6. The van der Waals surface area contributed by atoms with Crippen LogP contribution in [0.4, 0.5) is 0 Å². The van der Waals surface area contributed by atoms with E-state index < -0.39 is 177 Å². The van der Waals surface area contributed by atoms with Gasteiger partial charge in [-0.05, 0) is 101 Å². The molecule has 20 atom stereocenters. The molecule has 20 unspecified atom stereocenters. The molecule has 6 aliphatic carbocycles. The van der Waals surface area contributed by atoms with Crippen LogP contribution in [-0.4, -0.2) is 167 Å². The van der Waals surface area contributed by atoms with Gasteiger partial charge < -0.3 is 67.8 Å². The molecule has 4 heterocycles. The van der Waals surface area contributed by atoms with E-state index in [4.69, 9.17) is 47.4 Å². The van der Waals surface area contributed by atoms with Gasteiger partial charge in [-0.15, -0.1) is 0 Å². The first-order valence-corrected chi connectivity index (χ1v) is 27.7. The van der Waals surface area contributed by atoms with E-state index in [0.29, 0.717) is 22.3 Å². The average molecular weight is 1150 g/mol. The molecule has 8 fully saturated rings. The van der Waals surface area contributed by atoms with E-state index in [0.717, 1.165) is 26.4 Å². The molecule has 10 rings (SSSR count). The van der Waals surface area contributed by atoms with Crippen LogP contribution in [0.2, 0.25) is 0 Å². The molecule has 0 aromatic rings. The molecule has 0 aromatic heterocycles. The number of ether oxygens (including phenoxy) is 10. The number of hydrogen-bond acceptors (Lipinski definition) is 24. The fourth-order valence-electron chi connectivity index (χ4n) is 17.6. The van der Waals surface area contributed by atoms with Crippen LogP contribution in [-0.2, 0) is 95.3 Å². The van der Waals surface area contributed by atoms with Crippen molar-refractivity contribution >= 4 is 59.3 Å². The third-order valence-electron chi connectivity index (χ3n) is 20.4. The Morgan fingerprint density at radius 1 is 0.573 bits per heavy atom. The highest BCUT2D eigenvalue weighted by Gasteiger charge is 2.87. The van der Waals surface area contributed by atoms with Gasteiger partial charge in [-0.2, -0.15) is 0 Å². The Bertz CT molecular complexity index is 2780. The largest absolute Gasteiger partial charge is 0.467 e. The van der Waals surface area contributed by atoms with E-state index in [-0.39, 0.29) is 76.1 Å². The molecule has 0 radical (unpaired) electrons. The van der Waals surface area contributed by atoms with E-state index in [2.05, 4.69) is 0 Å². The number of aliphatic hydroxyl groups is 4. The maximum atomic E-state index is 14.3. The van der Waals surface area contributed by atoms with Crippen molar-refractivity contribution in [2.75, 3.05) is 27.4 Å². The zero-order valence-electron chi connectivity index (χ0n) is 47.3. The normalized spacial score (nSPS) is 42.6. The fourth-order valence-corrected chi connectivity index (χ4v) is 17.6. The Balaban J connectivity index is 0.823. The van der Waals surface area contributed by atoms with Gasteiger partial charge in [0.15, 0.2) is 23.1 Å². The molecule has 4 saturated carbocycles. The Morgan fingerprint density at radius 2 is 0.927 bits per heavy atom. The lowest BCUT2D eigenvalue weighted by atomic mass is 9.38. The summed E-state index contributed by atoms with van der Waals surface area (Å²) < 4.78 is 57.5. The molecule has 0 amide bonds. The molecule has 4 bridgehead atoms. The van der Waals surface area contributed by atoms with E-state index in [1.807, 2.05) is 0 Å². The van der Waals surface area contributed by atoms with Gasteiger partial charge in [0.2, 0.25) is 23.4 Å². The van der Waals surface area contributed by atoms with Crippen LogP contribution in [0.3, 0.4) is 0 Å².